The van der Waals surface area contributed by atoms with Crippen LogP contribution in [-0.2, 0) is 6.42 Å². The number of benzene rings is 10. The van der Waals surface area contributed by atoms with E-state index >= 15 is 0 Å². The molecule has 0 atom stereocenters. The van der Waals surface area contributed by atoms with Crippen molar-refractivity contribution in [3.05, 3.63) is 277 Å². The summed E-state index contributed by atoms with van der Waals surface area (Å²) in [5, 5.41) is 0. The van der Waals surface area contributed by atoms with Crippen molar-refractivity contribution >= 4 is 119 Å². The molecule has 0 radical (unpaired) electrons. The highest BCUT2D eigenvalue weighted by Crippen LogP contribution is 2.42. The van der Waals surface area contributed by atoms with Gasteiger partial charge in [-0.05, 0) is 291 Å². The van der Waals surface area contributed by atoms with Crippen LogP contribution in [0, 0.1) is 24.6 Å². The Morgan fingerprint density at radius 1 is 0.296 bits per heavy atom. The van der Waals surface area contributed by atoms with Gasteiger partial charge in [0, 0.05) is 61.9 Å². The fraction of sp³-hybridized carbons (Fsp3) is 0.0462. The lowest BCUT2D eigenvalue weighted by Crippen LogP contribution is -2.10. The molecular formula is C65H50I3N3. The molecule has 10 aromatic carbocycles. The van der Waals surface area contributed by atoms with E-state index in [1.54, 1.807) is 0 Å². The van der Waals surface area contributed by atoms with E-state index in [0.717, 1.165) is 91.0 Å². The lowest BCUT2D eigenvalue weighted by molar-refractivity contribution is 1.24. The largest absolute Gasteiger partial charge is 0.311 e. The average molecular weight is 1250 g/mol. The SMILES string of the molecule is C=CCc1ccc(N(c2ccc(C)cc2)c2ccc(-c3cc(-c4ccc(N(c5ccc(C)cc5)c5ccc(I)cc5)cc4)cc(-c4ccc(N(c5ccc(I)cc5)c5ccc(I)cc5)cc4)c3)cc2)cc1. The Morgan fingerprint density at radius 2 is 0.507 bits per heavy atom. The van der Waals surface area contributed by atoms with Gasteiger partial charge in [0.1, 0.15) is 0 Å². The van der Waals surface area contributed by atoms with Crippen molar-refractivity contribution in [3.8, 4) is 33.4 Å². The minimum Gasteiger partial charge on any atom is -0.311 e. The van der Waals surface area contributed by atoms with Gasteiger partial charge < -0.3 is 14.7 Å². The van der Waals surface area contributed by atoms with Gasteiger partial charge in [-0.2, -0.15) is 0 Å². The number of nitrogens with zero attached hydrogens (tertiary/aromatic N) is 3. The van der Waals surface area contributed by atoms with Crippen molar-refractivity contribution in [1.82, 2.24) is 0 Å². The summed E-state index contributed by atoms with van der Waals surface area (Å²) in [4.78, 5) is 6.99. The van der Waals surface area contributed by atoms with Crippen LogP contribution in [0.15, 0.2) is 249 Å². The first-order valence-electron chi connectivity index (χ1n) is 23.6. The van der Waals surface area contributed by atoms with E-state index in [1.165, 1.54) is 27.4 Å². The predicted octanol–water partition coefficient (Wildman–Crippen LogP) is 20.3. The number of halogens is 3. The Morgan fingerprint density at radius 3 is 0.746 bits per heavy atom. The molecule has 346 valence electrons. The van der Waals surface area contributed by atoms with Gasteiger partial charge in [0.05, 0.1) is 0 Å². The number of anilines is 9. The number of hydrogen-bond acceptors (Lipinski definition) is 3. The highest BCUT2D eigenvalue weighted by Gasteiger charge is 2.18. The summed E-state index contributed by atoms with van der Waals surface area (Å²) >= 11 is 7.13. The molecule has 0 saturated carbocycles. The molecule has 0 saturated heterocycles. The monoisotopic (exact) mass is 1250 g/mol. The van der Waals surface area contributed by atoms with Crippen LogP contribution in [0.5, 0.6) is 0 Å². The summed E-state index contributed by atoms with van der Waals surface area (Å²) in [7, 11) is 0. The predicted molar refractivity (Wildman–Crippen MR) is 328 cm³/mol. The molecule has 0 unspecified atom stereocenters. The summed E-state index contributed by atoms with van der Waals surface area (Å²) in [5.41, 5.74) is 20.5. The molecule has 0 fully saturated rings. The third-order valence-electron chi connectivity index (χ3n) is 12.7. The lowest BCUT2D eigenvalue weighted by Gasteiger charge is -2.26. The highest BCUT2D eigenvalue weighted by molar-refractivity contribution is 14.1. The van der Waals surface area contributed by atoms with Gasteiger partial charge in [-0.15, -0.1) is 6.58 Å². The molecule has 3 nitrogen and oxygen atoms in total. The van der Waals surface area contributed by atoms with Crippen LogP contribution in [0.1, 0.15) is 16.7 Å². The van der Waals surface area contributed by atoms with Crippen LogP contribution >= 0.6 is 67.8 Å². The highest BCUT2D eigenvalue weighted by atomic mass is 127. The molecule has 10 rings (SSSR count). The molecule has 71 heavy (non-hydrogen) atoms. The average Bonchev–Trinajstić information content (AvgIpc) is 3.40. The molecule has 0 N–H and O–H groups in total. The van der Waals surface area contributed by atoms with Gasteiger partial charge in [0.15, 0.2) is 0 Å². The van der Waals surface area contributed by atoms with Crippen molar-refractivity contribution in [2.45, 2.75) is 20.3 Å². The number of aryl methyl sites for hydroxylation is 2. The first kappa shape index (κ1) is 48.2. The van der Waals surface area contributed by atoms with Gasteiger partial charge in [0.25, 0.3) is 0 Å². The van der Waals surface area contributed by atoms with Crippen LogP contribution in [0.25, 0.3) is 33.4 Å². The summed E-state index contributed by atoms with van der Waals surface area (Å²) in [6, 6.07) is 86.6. The Hall–Kier alpha value is -6.47. The van der Waals surface area contributed by atoms with E-state index < -0.39 is 0 Å². The second-order valence-corrected chi connectivity index (χ2v) is 21.4. The van der Waals surface area contributed by atoms with Crippen LogP contribution in [0.3, 0.4) is 0 Å². The second-order valence-electron chi connectivity index (χ2n) is 17.7. The van der Waals surface area contributed by atoms with Crippen molar-refractivity contribution in [3.63, 3.8) is 0 Å². The quantitative estimate of drug-likeness (QED) is 0.0794. The van der Waals surface area contributed by atoms with Gasteiger partial charge in [-0.3, -0.25) is 0 Å². The minimum atomic E-state index is 0.840. The molecular weight excluding hydrogens is 1200 g/mol. The molecule has 0 aliphatic heterocycles. The van der Waals surface area contributed by atoms with E-state index in [1.807, 2.05) is 6.08 Å². The maximum absolute atomic E-state index is 3.95. The van der Waals surface area contributed by atoms with E-state index in [9.17, 15) is 0 Å². The minimum absolute atomic E-state index is 0.840. The van der Waals surface area contributed by atoms with Gasteiger partial charge >= 0.3 is 0 Å². The Labute approximate surface area is 459 Å². The van der Waals surface area contributed by atoms with E-state index in [-0.39, 0.29) is 0 Å². The fourth-order valence-corrected chi connectivity index (χ4v) is 10.1. The van der Waals surface area contributed by atoms with E-state index in [4.69, 9.17) is 0 Å². The normalized spacial score (nSPS) is 11.0. The molecule has 0 bridgehead atoms. The zero-order valence-electron chi connectivity index (χ0n) is 39.5. The molecule has 0 aliphatic rings. The number of allylic oxidation sites excluding steroid dienone is 1. The molecule has 0 aromatic heterocycles. The number of rotatable bonds is 14. The van der Waals surface area contributed by atoms with Crippen LogP contribution in [0.2, 0.25) is 0 Å². The van der Waals surface area contributed by atoms with E-state index in [0.29, 0.717) is 0 Å². The number of hydrogen-bond donors (Lipinski definition) is 0. The molecule has 10 aromatic rings. The maximum atomic E-state index is 3.95. The zero-order valence-corrected chi connectivity index (χ0v) is 46.0. The smallest absolute Gasteiger partial charge is 0.0462 e. The third kappa shape index (κ3) is 11.2. The first-order chi connectivity index (χ1) is 34.6. The lowest BCUT2D eigenvalue weighted by atomic mass is 9.93. The summed E-state index contributed by atoms with van der Waals surface area (Å²) < 4.78 is 3.62. The van der Waals surface area contributed by atoms with Gasteiger partial charge in [-0.25, -0.2) is 0 Å². The van der Waals surface area contributed by atoms with Crippen LogP contribution < -0.4 is 14.7 Å². The first-order valence-corrected chi connectivity index (χ1v) is 26.9. The summed E-state index contributed by atoms with van der Waals surface area (Å²) in [6.07, 6.45) is 2.79. The molecule has 6 heteroatoms. The molecule has 0 amide bonds. The maximum Gasteiger partial charge on any atom is 0.0462 e. The van der Waals surface area contributed by atoms with Gasteiger partial charge in [0.2, 0.25) is 0 Å². The second kappa shape index (κ2) is 21.9. The van der Waals surface area contributed by atoms with Crippen molar-refractivity contribution in [2.24, 2.45) is 0 Å². The van der Waals surface area contributed by atoms with Crippen molar-refractivity contribution < 1.29 is 0 Å². The Kier molecular flexibility index (Phi) is 14.9. The van der Waals surface area contributed by atoms with Crippen molar-refractivity contribution in [2.75, 3.05) is 14.7 Å². The Balaban J connectivity index is 1.05. The van der Waals surface area contributed by atoms with Crippen molar-refractivity contribution in [1.29, 1.82) is 0 Å². The topological polar surface area (TPSA) is 9.72 Å². The zero-order chi connectivity index (χ0) is 48.8. The Bertz CT molecular complexity index is 3140. The summed E-state index contributed by atoms with van der Waals surface area (Å²) in [5.74, 6) is 0. The van der Waals surface area contributed by atoms with E-state index in [2.05, 4.69) is 339 Å². The summed E-state index contributed by atoms with van der Waals surface area (Å²) in [6.45, 7) is 8.22. The van der Waals surface area contributed by atoms with Gasteiger partial charge in [-0.1, -0.05) is 90.0 Å². The standard InChI is InChI=1S/C65H50I3N3/c1-4-5-47-10-28-59(29-11-47)69(57-24-6-45(2)7-25-57)60-30-12-48(13-31-60)51-42-52(49-14-32-61(33-15-49)70(58-26-8-46(3)9-27-58)63-36-18-54(66)19-37-63)44-53(43-51)50-16-34-62(35-17-50)71(64-38-20-55(67)21-39-64)65-40-22-56(68)23-41-65/h4,6-44H,1,5H2,2-3H3. The third-order valence-corrected chi connectivity index (χ3v) is 14.9. The molecule has 0 aliphatic carbocycles. The molecule has 0 heterocycles. The fourth-order valence-electron chi connectivity index (χ4n) is 8.98. The van der Waals surface area contributed by atoms with Crippen LogP contribution in [0.4, 0.5) is 51.2 Å². The van der Waals surface area contributed by atoms with Crippen LogP contribution in [-0.4, -0.2) is 0 Å². The molecule has 0 spiro atoms.